The lowest BCUT2D eigenvalue weighted by Crippen LogP contribution is -2.19. The van der Waals surface area contributed by atoms with Gasteiger partial charge in [0.2, 0.25) is 0 Å². The van der Waals surface area contributed by atoms with E-state index in [0.29, 0.717) is 5.56 Å². The van der Waals surface area contributed by atoms with E-state index in [1.165, 1.54) is 24.3 Å². The van der Waals surface area contributed by atoms with Gasteiger partial charge in [0.25, 0.3) is 0 Å². The Labute approximate surface area is 136 Å². The van der Waals surface area contributed by atoms with Crippen LogP contribution in [0.2, 0.25) is 0 Å². The molecule has 1 unspecified atom stereocenters. The Bertz CT molecular complexity index is 1000. The molecule has 2 aromatic rings. The molecule has 0 spiro atoms. The molecule has 6 heteroatoms. The zero-order valence-electron chi connectivity index (χ0n) is 12.6. The topological polar surface area (TPSA) is 109 Å². The first-order valence-electron chi connectivity index (χ1n) is 7.29. The third kappa shape index (κ3) is 1.59. The summed E-state index contributed by atoms with van der Waals surface area (Å²) in [5, 5.41) is 23.7. The van der Waals surface area contributed by atoms with Crippen molar-refractivity contribution in [3.05, 3.63) is 63.7 Å². The first kappa shape index (κ1) is 14.3. The Balaban J connectivity index is 2.15. The van der Waals surface area contributed by atoms with Crippen molar-refractivity contribution in [1.82, 2.24) is 0 Å². The van der Waals surface area contributed by atoms with Crippen molar-refractivity contribution < 1.29 is 19.8 Å². The quantitative estimate of drug-likeness (QED) is 0.787. The van der Waals surface area contributed by atoms with Gasteiger partial charge in [-0.3, -0.25) is 9.59 Å². The number of nitrogens with zero attached hydrogens (tertiary/aromatic N) is 2. The molecule has 0 radical (unpaired) electrons. The number of benzene rings is 2. The maximum absolute atomic E-state index is 12.8. The zero-order valence-corrected chi connectivity index (χ0v) is 12.6. The fourth-order valence-electron chi connectivity index (χ4n) is 3.53. The SMILES string of the molecule is Cc1cc(O)c2c(c1)C(N=[N-])C(=O)C1=C2C(=O)c2cccc(O)c21. The van der Waals surface area contributed by atoms with Crippen molar-refractivity contribution in [2.75, 3.05) is 0 Å². The molecule has 24 heavy (non-hydrogen) atoms. The van der Waals surface area contributed by atoms with E-state index in [1.54, 1.807) is 13.0 Å². The molecular weight excluding hydrogens is 308 g/mol. The molecule has 0 aromatic heterocycles. The summed E-state index contributed by atoms with van der Waals surface area (Å²) in [6, 6.07) is 6.24. The molecule has 2 N–H and O–H groups in total. The number of phenolic OH excluding ortho intramolecular Hbond substituents is 2. The summed E-state index contributed by atoms with van der Waals surface area (Å²) < 4.78 is 0. The fraction of sp³-hybridized carbons (Fsp3) is 0.111. The predicted molar refractivity (Wildman–Crippen MR) is 85.6 cm³/mol. The fourth-order valence-corrected chi connectivity index (χ4v) is 3.53. The number of carbonyl (C=O) groups is 2. The van der Waals surface area contributed by atoms with E-state index >= 15 is 0 Å². The minimum atomic E-state index is -1.25. The summed E-state index contributed by atoms with van der Waals surface area (Å²) in [7, 11) is 0. The third-order valence-electron chi connectivity index (χ3n) is 4.46. The highest BCUT2D eigenvalue weighted by molar-refractivity contribution is 6.52. The van der Waals surface area contributed by atoms with Crippen LogP contribution in [0.5, 0.6) is 11.5 Å². The molecule has 2 aliphatic carbocycles. The van der Waals surface area contributed by atoms with Crippen LogP contribution in [0.15, 0.2) is 35.4 Å². The van der Waals surface area contributed by atoms with Crippen molar-refractivity contribution in [3.8, 4) is 11.5 Å². The van der Waals surface area contributed by atoms with Crippen molar-refractivity contribution in [2.24, 2.45) is 5.11 Å². The molecule has 2 aromatic carbocycles. The maximum Gasteiger partial charge on any atom is 0.195 e. The minimum Gasteiger partial charge on any atom is -0.711 e. The van der Waals surface area contributed by atoms with E-state index in [4.69, 9.17) is 0 Å². The molecule has 0 amide bonds. The second-order valence-electron chi connectivity index (χ2n) is 5.91. The first-order chi connectivity index (χ1) is 11.5. The van der Waals surface area contributed by atoms with E-state index < -0.39 is 17.6 Å². The van der Waals surface area contributed by atoms with Gasteiger partial charge in [0, 0.05) is 27.8 Å². The number of carbonyl (C=O) groups excluding carboxylic acids is 2. The van der Waals surface area contributed by atoms with Gasteiger partial charge in [-0.1, -0.05) is 18.2 Å². The van der Waals surface area contributed by atoms with Gasteiger partial charge in [-0.15, -0.1) is 0 Å². The standard InChI is InChI=1S/C18H11N2O4/c1-7-5-9-13(11(22)6-7)14-15(18(24)16(9)20-19)12-8(17(14)23)3-2-4-10(12)21/h2-6,16,21-22H,1H3/q-1. The van der Waals surface area contributed by atoms with E-state index in [2.05, 4.69) is 5.11 Å². The highest BCUT2D eigenvalue weighted by Crippen LogP contribution is 2.52. The van der Waals surface area contributed by atoms with Crippen LogP contribution in [-0.4, -0.2) is 21.8 Å². The van der Waals surface area contributed by atoms with Gasteiger partial charge < -0.3 is 20.9 Å². The Kier molecular flexibility index (Phi) is 2.75. The summed E-state index contributed by atoms with van der Waals surface area (Å²) in [5.41, 5.74) is 10.8. The second kappa shape index (κ2) is 4.61. The number of aromatic hydroxyl groups is 2. The number of fused-ring (bicyclic) bond motifs is 4. The van der Waals surface area contributed by atoms with Crippen molar-refractivity contribution >= 4 is 22.7 Å². The lowest BCUT2D eigenvalue weighted by molar-refractivity contribution is -0.115. The van der Waals surface area contributed by atoms with Crippen molar-refractivity contribution in [1.29, 1.82) is 0 Å². The summed E-state index contributed by atoms with van der Waals surface area (Å²) >= 11 is 0. The normalized spacial score (nSPS) is 18.3. The molecule has 4 rings (SSSR count). The second-order valence-corrected chi connectivity index (χ2v) is 5.91. The average Bonchev–Trinajstić information content (AvgIpc) is 2.82. The van der Waals surface area contributed by atoms with Gasteiger partial charge in [-0.2, -0.15) is 0 Å². The number of phenols is 2. The smallest absolute Gasteiger partial charge is 0.195 e. The van der Waals surface area contributed by atoms with E-state index in [9.17, 15) is 25.3 Å². The van der Waals surface area contributed by atoms with Crippen molar-refractivity contribution in [2.45, 2.75) is 13.0 Å². The lowest BCUT2D eigenvalue weighted by atomic mass is 9.80. The first-order valence-corrected chi connectivity index (χ1v) is 7.29. The van der Waals surface area contributed by atoms with Gasteiger partial charge >= 0.3 is 0 Å². The molecule has 2 aliphatic rings. The van der Waals surface area contributed by atoms with Crippen LogP contribution in [0.25, 0.3) is 16.7 Å². The molecule has 0 saturated heterocycles. The monoisotopic (exact) mass is 319 g/mol. The Morgan fingerprint density at radius 3 is 2.50 bits per heavy atom. The summed E-state index contributed by atoms with van der Waals surface area (Å²) in [6.45, 7) is 1.72. The largest absolute Gasteiger partial charge is 0.711 e. The van der Waals surface area contributed by atoms with Gasteiger partial charge in [0.1, 0.15) is 17.5 Å². The van der Waals surface area contributed by atoms with Crippen LogP contribution in [0, 0.1) is 6.92 Å². The predicted octanol–water partition coefficient (Wildman–Crippen LogP) is 3.16. The highest BCUT2D eigenvalue weighted by Gasteiger charge is 2.44. The summed E-state index contributed by atoms with van der Waals surface area (Å²) in [4.78, 5) is 25.6. The van der Waals surface area contributed by atoms with Crippen LogP contribution in [0.4, 0.5) is 0 Å². The molecule has 0 aliphatic heterocycles. The van der Waals surface area contributed by atoms with Gasteiger partial charge in [-0.25, -0.2) is 0 Å². The van der Waals surface area contributed by atoms with E-state index in [1.807, 2.05) is 0 Å². The van der Waals surface area contributed by atoms with Gasteiger partial charge in [0.05, 0.1) is 0 Å². The molecule has 1 atom stereocenters. The van der Waals surface area contributed by atoms with Gasteiger partial charge in [0.15, 0.2) is 11.6 Å². The Hall–Kier alpha value is -3.28. The molecular formula is C18H11N2O4-. The molecule has 0 fully saturated rings. The number of allylic oxidation sites excluding steroid dienone is 1. The number of rotatable bonds is 1. The third-order valence-corrected chi connectivity index (χ3v) is 4.46. The number of hydrogen-bond donors (Lipinski definition) is 2. The number of Topliss-reactive ketones (excluding diaryl/α,β-unsaturated/α-hetero) is 2. The zero-order chi connectivity index (χ0) is 17.2. The van der Waals surface area contributed by atoms with Gasteiger partial charge in [-0.05, 0) is 30.2 Å². The highest BCUT2D eigenvalue weighted by atomic mass is 16.3. The molecule has 6 nitrogen and oxygen atoms in total. The molecule has 118 valence electrons. The average molecular weight is 319 g/mol. The lowest BCUT2D eigenvalue weighted by Gasteiger charge is -2.26. The maximum atomic E-state index is 12.8. The molecule has 0 bridgehead atoms. The number of ketones is 2. The minimum absolute atomic E-state index is 0.0115. The van der Waals surface area contributed by atoms with E-state index in [-0.39, 0.29) is 44.9 Å². The Morgan fingerprint density at radius 1 is 1.04 bits per heavy atom. The van der Waals surface area contributed by atoms with Crippen LogP contribution in [-0.2, 0) is 4.79 Å². The molecule has 0 heterocycles. The summed E-state index contributed by atoms with van der Waals surface area (Å²) in [5.74, 6) is -1.40. The summed E-state index contributed by atoms with van der Waals surface area (Å²) in [6.07, 6.45) is 0. The van der Waals surface area contributed by atoms with Crippen LogP contribution in [0.1, 0.15) is 38.7 Å². The number of aryl methyl sites for hydroxylation is 1. The van der Waals surface area contributed by atoms with Crippen LogP contribution in [0.3, 0.4) is 0 Å². The van der Waals surface area contributed by atoms with Crippen LogP contribution < -0.4 is 0 Å². The van der Waals surface area contributed by atoms with E-state index in [0.717, 1.165) is 0 Å². The Morgan fingerprint density at radius 2 is 1.79 bits per heavy atom. The van der Waals surface area contributed by atoms with Crippen LogP contribution >= 0.6 is 0 Å². The number of hydrogen-bond acceptors (Lipinski definition) is 5. The molecule has 0 saturated carbocycles. The van der Waals surface area contributed by atoms with Crippen molar-refractivity contribution in [3.63, 3.8) is 0 Å².